The van der Waals surface area contributed by atoms with Gasteiger partial charge in [0.1, 0.15) is 11.3 Å². The van der Waals surface area contributed by atoms with E-state index in [4.69, 9.17) is 9.15 Å². The molecule has 3 heterocycles. The number of furan rings is 1. The van der Waals surface area contributed by atoms with Crippen molar-refractivity contribution < 1.29 is 13.9 Å². The van der Waals surface area contributed by atoms with Crippen LogP contribution in [0.5, 0.6) is 5.75 Å². The number of nitrogens with zero attached hydrogens (tertiary/aromatic N) is 3. The van der Waals surface area contributed by atoms with E-state index in [1.54, 1.807) is 25.4 Å². The SMILES string of the molecule is COc1ccccc1N1CCN(C(=O)c2cc3ncccc3o2)CC1. The maximum absolute atomic E-state index is 12.7. The minimum Gasteiger partial charge on any atom is -0.495 e. The molecule has 1 amide bonds. The molecule has 1 saturated heterocycles. The van der Waals surface area contributed by atoms with Crippen molar-refractivity contribution in [2.24, 2.45) is 0 Å². The summed E-state index contributed by atoms with van der Waals surface area (Å²) in [4.78, 5) is 21.0. The molecule has 1 aromatic carbocycles. The number of fused-ring (bicyclic) bond motifs is 1. The molecular formula is C19H19N3O3. The van der Waals surface area contributed by atoms with E-state index < -0.39 is 0 Å². The van der Waals surface area contributed by atoms with Crippen molar-refractivity contribution >= 4 is 22.7 Å². The van der Waals surface area contributed by atoms with Crippen LogP contribution in [0.3, 0.4) is 0 Å². The molecule has 0 N–H and O–H groups in total. The van der Waals surface area contributed by atoms with Crippen LogP contribution >= 0.6 is 0 Å². The van der Waals surface area contributed by atoms with E-state index >= 15 is 0 Å². The van der Waals surface area contributed by atoms with Crippen LogP contribution in [0, 0.1) is 0 Å². The molecule has 0 atom stereocenters. The molecule has 1 fully saturated rings. The number of carbonyl (C=O) groups is 1. The van der Waals surface area contributed by atoms with Gasteiger partial charge in [0, 0.05) is 38.4 Å². The van der Waals surface area contributed by atoms with Gasteiger partial charge in [-0.2, -0.15) is 0 Å². The molecular weight excluding hydrogens is 318 g/mol. The van der Waals surface area contributed by atoms with Crippen molar-refractivity contribution in [1.29, 1.82) is 0 Å². The molecule has 3 aromatic rings. The first kappa shape index (κ1) is 15.5. The van der Waals surface area contributed by atoms with Gasteiger partial charge in [-0.3, -0.25) is 9.78 Å². The summed E-state index contributed by atoms with van der Waals surface area (Å²) in [6.45, 7) is 2.79. The molecule has 6 nitrogen and oxygen atoms in total. The Labute approximate surface area is 145 Å². The van der Waals surface area contributed by atoms with Crippen LogP contribution in [0.4, 0.5) is 5.69 Å². The number of hydrogen-bond donors (Lipinski definition) is 0. The molecule has 4 rings (SSSR count). The number of piperazine rings is 1. The van der Waals surface area contributed by atoms with Gasteiger partial charge in [-0.1, -0.05) is 12.1 Å². The van der Waals surface area contributed by atoms with Gasteiger partial charge >= 0.3 is 0 Å². The Kier molecular flexibility index (Phi) is 4.01. The normalized spacial score (nSPS) is 14.8. The van der Waals surface area contributed by atoms with E-state index in [1.807, 2.05) is 35.2 Å². The van der Waals surface area contributed by atoms with Gasteiger partial charge < -0.3 is 19.0 Å². The first-order chi connectivity index (χ1) is 12.3. The zero-order chi connectivity index (χ0) is 17.2. The third-order valence-corrected chi connectivity index (χ3v) is 4.49. The number of aromatic nitrogens is 1. The Hall–Kier alpha value is -3.02. The van der Waals surface area contributed by atoms with E-state index in [2.05, 4.69) is 9.88 Å². The number of hydrogen-bond acceptors (Lipinski definition) is 5. The van der Waals surface area contributed by atoms with Crippen LogP contribution in [0.2, 0.25) is 0 Å². The van der Waals surface area contributed by atoms with Crippen LogP contribution in [-0.2, 0) is 0 Å². The van der Waals surface area contributed by atoms with Gasteiger partial charge in [0.2, 0.25) is 0 Å². The molecule has 128 valence electrons. The first-order valence-corrected chi connectivity index (χ1v) is 8.28. The zero-order valence-corrected chi connectivity index (χ0v) is 14.0. The van der Waals surface area contributed by atoms with Crippen molar-refractivity contribution in [3.63, 3.8) is 0 Å². The van der Waals surface area contributed by atoms with E-state index in [1.165, 1.54) is 0 Å². The fourth-order valence-electron chi connectivity index (χ4n) is 3.17. The zero-order valence-electron chi connectivity index (χ0n) is 14.0. The maximum atomic E-state index is 12.7. The number of rotatable bonds is 3. The minimum atomic E-state index is -0.0855. The molecule has 0 spiro atoms. The second-order valence-corrected chi connectivity index (χ2v) is 5.95. The second-order valence-electron chi connectivity index (χ2n) is 5.95. The number of carbonyl (C=O) groups excluding carboxylic acids is 1. The highest BCUT2D eigenvalue weighted by atomic mass is 16.5. The van der Waals surface area contributed by atoms with Crippen LogP contribution in [0.1, 0.15) is 10.6 Å². The maximum Gasteiger partial charge on any atom is 0.289 e. The summed E-state index contributed by atoms with van der Waals surface area (Å²) < 4.78 is 11.1. The molecule has 0 radical (unpaired) electrons. The van der Waals surface area contributed by atoms with Crippen LogP contribution in [-0.4, -0.2) is 49.1 Å². The Morgan fingerprint density at radius 1 is 1.12 bits per heavy atom. The molecule has 25 heavy (non-hydrogen) atoms. The Morgan fingerprint density at radius 2 is 1.92 bits per heavy atom. The Morgan fingerprint density at radius 3 is 2.68 bits per heavy atom. The average molecular weight is 337 g/mol. The van der Waals surface area contributed by atoms with Gasteiger partial charge in [0.15, 0.2) is 11.3 Å². The predicted octanol–water partition coefficient (Wildman–Crippen LogP) is 2.80. The summed E-state index contributed by atoms with van der Waals surface area (Å²) >= 11 is 0. The van der Waals surface area contributed by atoms with Crippen molar-refractivity contribution in [2.45, 2.75) is 0 Å². The number of amides is 1. The minimum absolute atomic E-state index is 0.0855. The molecule has 6 heteroatoms. The number of methoxy groups -OCH3 is 1. The molecule has 0 bridgehead atoms. The third kappa shape index (κ3) is 2.91. The average Bonchev–Trinajstić information content (AvgIpc) is 3.12. The summed E-state index contributed by atoms with van der Waals surface area (Å²) in [6, 6.07) is 13.3. The van der Waals surface area contributed by atoms with Crippen LogP contribution in [0.15, 0.2) is 53.1 Å². The molecule has 1 aliphatic heterocycles. The second kappa shape index (κ2) is 6.47. The van der Waals surface area contributed by atoms with E-state index in [0.29, 0.717) is 29.9 Å². The quantitative estimate of drug-likeness (QED) is 0.735. The van der Waals surface area contributed by atoms with Gasteiger partial charge in [0.05, 0.1) is 12.8 Å². The smallest absolute Gasteiger partial charge is 0.289 e. The van der Waals surface area contributed by atoms with Crippen molar-refractivity contribution in [3.05, 3.63) is 54.4 Å². The summed E-state index contributed by atoms with van der Waals surface area (Å²) in [6.07, 6.45) is 1.69. The molecule has 0 aliphatic carbocycles. The number of para-hydroxylation sites is 2. The third-order valence-electron chi connectivity index (χ3n) is 4.49. The van der Waals surface area contributed by atoms with Gasteiger partial charge in [0.25, 0.3) is 5.91 Å². The highest BCUT2D eigenvalue weighted by Gasteiger charge is 2.25. The Balaban J connectivity index is 1.47. The van der Waals surface area contributed by atoms with Gasteiger partial charge in [-0.15, -0.1) is 0 Å². The molecule has 2 aromatic heterocycles. The Bertz CT molecular complexity index is 865. The van der Waals surface area contributed by atoms with Crippen LogP contribution in [0.25, 0.3) is 11.1 Å². The lowest BCUT2D eigenvalue weighted by atomic mass is 10.2. The van der Waals surface area contributed by atoms with Gasteiger partial charge in [-0.05, 0) is 24.3 Å². The van der Waals surface area contributed by atoms with Crippen LogP contribution < -0.4 is 9.64 Å². The fourth-order valence-corrected chi connectivity index (χ4v) is 3.17. The standard InChI is InChI=1S/C19H19N3O3/c1-24-17-6-3-2-5-15(17)21-9-11-22(12-10-21)19(23)18-13-14-16(25-18)7-4-8-20-14/h2-8,13H,9-12H2,1H3. The number of pyridine rings is 1. The highest BCUT2D eigenvalue weighted by molar-refractivity contribution is 5.95. The summed E-state index contributed by atoms with van der Waals surface area (Å²) in [5, 5.41) is 0. The first-order valence-electron chi connectivity index (χ1n) is 8.28. The van der Waals surface area contributed by atoms with Crippen molar-refractivity contribution in [2.75, 3.05) is 38.2 Å². The molecule has 0 unspecified atom stereocenters. The van der Waals surface area contributed by atoms with E-state index in [0.717, 1.165) is 24.5 Å². The van der Waals surface area contributed by atoms with E-state index in [9.17, 15) is 4.79 Å². The van der Waals surface area contributed by atoms with Crippen molar-refractivity contribution in [1.82, 2.24) is 9.88 Å². The number of ether oxygens (including phenoxy) is 1. The van der Waals surface area contributed by atoms with E-state index in [-0.39, 0.29) is 5.91 Å². The largest absolute Gasteiger partial charge is 0.495 e. The van der Waals surface area contributed by atoms with Crippen molar-refractivity contribution in [3.8, 4) is 5.75 Å². The summed E-state index contributed by atoms with van der Waals surface area (Å²) in [7, 11) is 1.67. The lowest BCUT2D eigenvalue weighted by molar-refractivity contribution is 0.0717. The lowest BCUT2D eigenvalue weighted by Gasteiger charge is -2.36. The monoisotopic (exact) mass is 337 g/mol. The van der Waals surface area contributed by atoms with Gasteiger partial charge in [-0.25, -0.2) is 0 Å². The highest BCUT2D eigenvalue weighted by Crippen LogP contribution is 2.28. The molecule has 0 saturated carbocycles. The number of benzene rings is 1. The lowest BCUT2D eigenvalue weighted by Crippen LogP contribution is -2.48. The topological polar surface area (TPSA) is 58.8 Å². The number of anilines is 1. The predicted molar refractivity (Wildman–Crippen MR) is 95.1 cm³/mol. The fraction of sp³-hybridized carbons (Fsp3) is 0.263. The summed E-state index contributed by atoms with van der Waals surface area (Å²) in [5.74, 6) is 1.11. The summed E-state index contributed by atoms with van der Waals surface area (Å²) in [5.41, 5.74) is 2.40. The molecule has 1 aliphatic rings.